The van der Waals surface area contributed by atoms with E-state index in [1.807, 2.05) is 31.2 Å². The van der Waals surface area contributed by atoms with Crippen LogP contribution in [0.5, 0.6) is 0 Å². The van der Waals surface area contributed by atoms with Gasteiger partial charge in [-0.15, -0.1) is 0 Å². The topological polar surface area (TPSA) is 29.1 Å². The van der Waals surface area contributed by atoms with E-state index < -0.39 is 5.82 Å². The van der Waals surface area contributed by atoms with Crippen LogP contribution in [0.4, 0.5) is 10.1 Å². The summed E-state index contributed by atoms with van der Waals surface area (Å²) in [5.41, 5.74) is 2.38. The number of benzene rings is 2. The first kappa shape index (κ1) is 14.5. The van der Waals surface area contributed by atoms with Crippen LogP contribution in [0.15, 0.2) is 42.5 Å². The highest BCUT2D eigenvalue weighted by Gasteiger charge is 2.09. The van der Waals surface area contributed by atoms with E-state index in [2.05, 4.69) is 5.32 Å². The van der Waals surface area contributed by atoms with Gasteiger partial charge in [0.15, 0.2) is 5.82 Å². The Kier molecular flexibility index (Phi) is 4.74. The fourth-order valence-corrected chi connectivity index (χ4v) is 2.00. The Hall–Kier alpha value is -1.87. The maximum atomic E-state index is 13.6. The van der Waals surface area contributed by atoms with E-state index in [1.54, 1.807) is 6.07 Å². The number of rotatable bonds is 4. The largest absolute Gasteiger partial charge is 0.324 e. The second-order valence-corrected chi connectivity index (χ2v) is 5.04. The molecule has 20 heavy (non-hydrogen) atoms. The van der Waals surface area contributed by atoms with Crippen LogP contribution in [0.1, 0.15) is 17.5 Å². The van der Waals surface area contributed by atoms with Gasteiger partial charge in [-0.1, -0.05) is 47.5 Å². The van der Waals surface area contributed by atoms with Crippen LogP contribution in [0, 0.1) is 12.7 Å². The van der Waals surface area contributed by atoms with Gasteiger partial charge in [-0.3, -0.25) is 4.79 Å². The third kappa shape index (κ3) is 3.81. The maximum Gasteiger partial charge on any atom is 0.224 e. The molecular weight excluding hydrogens is 277 g/mol. The molecule has 0 unspecified atom stereocenters. The molecule has 2 aromatic rings. The van der Waals surface area contributed by atoms with Crippen LogP contribution in [0.3, 0.4) is 0 Å². The first-order valence-corrected chi connectivity index (χ1v) is 6.73. The van der Waals surface area contributed by atoms with Gasteiger partial charge in [-0.05, 0) is 31.0 Å². The molecule has 2 rings (SSSR count). The van der Waals surface area contributed by atoms with Crippen molar-refractivity contribution in [1.29, 1.82) is 0 Å². The van der Waals surface area contributed by atoms with Crippen LogP contribution < -0.4 is 5.32 Å². The molecule has 0 radical (unpaired) electrons. The number of nitrogens with one attached hydrogen (secondary N) is 1. The van der Waals surface area contributed by atoms with Crippen molar-refractivity contribution in [1.82, 2.24) is 0 Å². The molecule has 2 nitrogen and oxygen atoms in total. The predicted octanol–water partition coefficient (Wildman–Crippen LogP) is 4.36. The molecule has 0 aromatic heterocycles. The number of halogens is 2. The molecule has 0 aliphatic rings. The number of hydrogen-bond acceptors (Lipinski definition) is 1. The molecule has 2 aromatic carbocycles. The highest BCUT2D eigenvalue weighted by Crippen LogP contribution is 2.22. The first-order valence-electron chi connectivity index (χ1n) is 6.35. The minimum Gasteiger partial charge on any atom is -0.324 e. The Labute approximate surface area is 122 Å². The molecule has 0 saturated heterocycles. The molecule has 0 aliphatic carbocycles. The quantitative estimate of drug-likeness (QED) is 0.891. The van der Waals surface area contributed by atoms with Crippen molar-refractivity contribution in [3.63, 3.8) is 0 Å². The molecular formula is C16H15ClFNO. The summed E-state index contributed by atoms with van der Waals surface area (Å²) in [6.07, 6.45) is 0.920. The number of carbonyl (C=O) groups is 1. The van der Waals surface area contributed by atoms with Crippen LogP contribution in [0.2, 0.25) is 5.02 Å². The summed E-state index contributed by atoms with van der Waals surface area (Å²) in [5, 5.41) is 2.54. The normalized spacial score (nSPS) is 10.3. The molecule has 4 heteroatoms. The molecule has 0 bridgehead atoms. The van der Waals surface area contributed by atoms with Crippen LogP contribution in [0.25, 0.3) is 0 Å². The summed E-state index contributed by atoms with van der Waals surface area (Å²) < 4.78 is 13.6. The molecule has 0 atom stereocenters. The molecule has 0 aliphatic heterocycles. The Morgan fingerprint density at radius 3 is 2.60 bits per heavy atom. The van der Waals surface area contributed by atoms with Gasteiger partial charge in [0.2, 0.25) is 5.91 Å². The summed E-state index contributed by atoms with van der Waals surface area (Å²) in [7, 11) is 0. The molecule has 104 valence electrons. The van der Waals surface area contributed by atoms with E-state index in [1.165, 1.54) is 17.7 Å². The molecule has 0 saturated carbocycles. The standard InChI is InChI=1S/C16H15ClFNO/c1-11-5-7-12(8-6-11)9-10-15(20)19-14-4-2-3-13(17)16(14)18/h2-8H,9-10H2,1H3,(H,19,20). The fraction of sp³-hybridized carbons (Fsp3) is 0.188. The lowest BCUT2D eigenvalue weighted by Gasteiger charge is -2.07. The maximum absolute atomic E-state index is 13.6. The van der Waals surface area contributed by atoms with E-state index in [4.69, 9.17) is 11.6 Å². The van der Waals surface area contributed by atoms with Gasteiger partial charge in [0.1, 0.15) is 0 Å². The van der Waals surface area contributed by atoms with Crippen molar-refractivity contribution < 1.29 is 9.18 Å². The van der Waals surface area contributed by atoms with Crippen LogP contribution >= 0.6 is 11.6 Å². The van der Waals surface area contributed by atoms with E-state index in [9.17, 15) is 9.18 Å². The number of carbonyl (C=O) groups excluding carboxylic acids is 1. The van der Waals surface area contributed by atoms with Gasteiger partial charge in [-0.25, -0.2) is 4.39 Å². The molecule has 1 N–H and O–H groups in total. The SMILES string of the molecule is Cc1ccc(CCC(=O)Nc2cccc(Cl)c2F)cc1. The number of aryl methyl sites for hydroxylation is 2. The summed E-state index contributed by atoms with van der Waals surface area (Å²) in [6.45, 7) is 2.01. The Balaban J connectivity index is 1.92. The van der Waals surface area contributed by atoms with Crippen molar-refractivity contribution >= 4 is 23.2 Å². The lowest BCUT2D eigenvalue weighted by Crippen LogP contribution is -2.13. The average Bonchev–Trinajstić information content (AvgIpc) is 2.43. The lowest BCUT2D eigenvalue weighted by atomic mass is 10.1. The predicted molar refractivity (Wildman–Crippen MR) is 79.5 cm³/mol. The van der Waals surface area contributed by atoms with E-state index in [0.29, 0.717) is 12.8 Å². The third-order valence-corrected chi connectivity index (χ3v) is 3.28. The zero-order chi connectivity index (χ0) is 14.5. The third-order valence-electron chi connectivity index (χ3n) is 2.99. The van der Waals surface area contributed by atoms with Gasteiger partial charge >= 0.3 is 0 Å². The van der Waals surface area contributed by atoms with E-state index in [0.717, 1.165) is 5.56 Å². The second-order valence-electron chi connectivity index (χ2n) is 4.64. The molecule has 0 spiro atoms. The van der Waals surface area contributed by atoms with Crippen molar-refractivity contribution in [2.24, 2.45) is 0 Å². The zero-order valence-corrected chi connectivity index (χ0v) is 11.9. The molecule has 0 heterocycles. The number of amides is 1. The summed E-state index contributed by atoms with van der Waals surface area (Å²) in [5.74, 6) is -0.829. The summed E-state index contributed by atoms with van der Waals surface area (Å²) in [4.78, 5) is 11.8. The van der Waals surface area contributed by atoms with Crippen LogP contribution in [-0.4, -0.2) is 5.91 Å². The van der Waals surface area contributed by atoms with Gasteiger partial charge in [0, 0.05) is 6.42 Å². The van der Waals surface area contributed by atoms with Crippen LogP contribution in [-0.2, 0) is 11.2 Å². The fourth-order valence-electron chi connectivity index (χ4n) is 1.83. The minimum absolute atomic E-state index is 0.00124. The van der Waals surface area contributed by atoms with Crippen molar-refractivity contribution in [2.45, 2.75) is 19.8 Å². The van der Waals surface area contributed by atoms with E-state index >= 15 is 0 Å². The monoisotopic (exact) mass is 291 g/mol. The Bertz CT molecular complexity index is 610. The summed E-state index contributed by atoms with van der Waals surface area (Å²) >= 11 is 5.66. The Morgan fingerprint density at radius 2 is 1.90 bits per heavy atom. The second kappa shape index (κ2) is 6.53. The zero-order valence-electron chi connectivity index (χ0n) is 11.1. The lowest BCUT2D eigenvalue weighted by molar-refractivity contribution is -0.116. The van der Waals surface area contributed by atoms with Crippen molar-refractivity contribution in [3.05, 3.63) is 64.4 Å². The number of hydrogen-bond donors (Lipinski definition) is 1. The average molecular weight is 292 g/mol. The van der Waals surface area contributed by atoms with E-state index in [-0.39, 0.29) is 16.6 Å². The number of anilines is 1. The Morgan fingerprint density at radius 1 is 1.20 bits per heavy atom. The van der Waals surface area contributed by atoms with Gasteiger partial charge in [0.25, 0.3) is 0 Å². The van der Waals surface area contributed by atoms with Gasteiger partial charge in [-0.2, -0.15) is 0 Å². The van der Waals surface area contributed by atoms with Gasteiger partial charge in [0.05, 0.1) is 10.7 Å². The molecule has 1 amide bonds. The summed E-state index contributed by atoms with van der Waals surface area (Å²) in [6, 6.07) is 12.5. The molecule has 0 fully saturated rings. The van der Waals surface area contributed by atoms with Crippen molar-refractivity contribution in [3.8, 4) is 0 Å². The van der Waals surface area contributed by atoms with Crippen molar-refractivity contribution in [2.75, 3.05) is 5.32 Å². The smallest absolute Gasteiger partial charge is 0.224 e. The highest BCUT2D eigenvalue weighted by atomic mass is 35.5. The first-order chi connectivity index (χ1) is 9.56. The van der Waals surface area contributed by atoms with Gasteiger partial charge < -0.3 is 5.32 Å². The minimum atomic E-state index is -0.599. The highest BCUT2D eigenvalue weighted by molar-refractivity contribution is 6.31.